The van der Waals surface area contributed by atoms with Gasteiger partial charge in [-0.2, -0.15) is 18.3 Å². The smallest absolute Gasteiger partial charge is 0.475 e. The Kier molecular flexibility index (Phi) is 6.79. The van der Waals surface area contributed by atoms with E-state index in [0.717, 1.165) is 16.6 Å². The molecule has 0 atom stereocenters. The molecule has 2 heterocycles. The maximum Gasteiger partial charge on any atom is 0.490 e. The van der Waals surface area contributed by atoms with Crippen LogP contribution in [-0.4, -0.2) is 42.5 Å². The lowest BCUT2D eigenvalue weighted by molar-refractivity contribution is -0.192. The molecule has 0 unspecified atom stereocenters. The molecule has 8 nitrogen and oxygen atoms in total. The zero-order valence-corrected chi connectivity index (χ0v) is 16.9. The van der Waals surface area contributed by atoms with Crippen molar-refractivity contribution in [2.45, 2.75) is 12.7 Å². The van der Waals surface area contributed by atoms with E-state index in [1.54, 1.807) is 35.5 Å². The number of carbonyl (C=O) groups excluding carboxylic acids is 1. The van der Waals surface area contributed by atoms with Crippen molar-refractivity contribution in [2.75, 3.05) is 5.32 Å². The Morgan fingerprint density at radius 2 is 1.88 bits per heavy atom. The minimum absolute atomic E-state index is 0.133. The number of carbonyl (C=O) groups is 2. The molecule has 0 saturated heterocycles. The molecule has 166 valence electrons. The van der Waals surface area contributed by atoms with Gasteiger partial charge in [-0.3, -0.25) is 9.48 Å². The molecular weight excluding hydrogens is 451 g/mol. The van der Waals surface area contributed by atoms with Crippen molar-refractivity contribution < 1.29 is 27.9 Å². The summed E-state index contributed by atoms with van der Waals surface area (Å²) in [6.07, 6.45) is 1.82. The highest BCUT2D eigenvalue weighted by Gasteiger charge is 2.38. The van der Waals surface area contributed by atoms with Gasteiger partial charge in [0.15, 0.2) is 0 Å². The van der Waals surface area contributed by atoms with Crippen LogP contribution in [0.4, 0.5) is 18.9 Å². The normalized spacial score (nSPS) is 11.0. The van der Waals surface area contributed by atoms with Gasteiger partial charge in [0.25, 0.3) is 0 Å². The van der Waals surface area contributed by atoms with Gasteiger partial charge in [-0.15, -0.1) is 0 Å². The quantitative estimate of drug-likeness (QED) is 0.471. The standard InChI is InChI=1S/C18H14ClN5O.C2HF3O2/c19-15-9-14(5-6-17(15)23-8-7-20-12-23)22-18(25)11-24-16-4-2-1-3-13(16)10-21-24;3-2(4,5)1(6)7/h1-10,12H,11H2,(H,22,25);(H,6,7). The molecule has 0 aliphatic heterocycles. The van der Waals surface area contributed by atoms with Crippen molar-refractivity contribution in [1.29, 1.82) is 0 Å². The molecule has 1 amide bonds. The number of halogens is 4. The SMILES string of the molecule is O=C(Cn1ncc2ccccc21)Nc1ccc(-n2ccnc2)c(Cl)c1.O=C(O)C(F)(F)F. The predicted molar refractivity (Wildman–Crippen MR) is 111 cm³/mol. The second-order valence-corrected chi connectivity index (χ2v) is 6.76. The summed E-state index contributed by atoms with van der Waals surface area (Å²) in [5.41, 5.74) is 2.36. The summed E-state index contributed by atoms with van der Waals surface area (Å²) in [6, 6.07) is 13.1. The predicted octanol–water partition coefficient (Wildman–Crippen LogP) is 4.15. The summed E-state index contributed by atoms with van der Waals surface area (Å²) in [7, 11) is 0. The zero-order chi connectivity index (χ0) is 23.3. The third-order valence-corrected chi connectivity index (χ3v) is 4.40. The maximum absolute atomic E-state index is 12.3. The average Bonchev–Trinajstić information content (AvgIpc) is 3.39. The van der Waals surface area contributed by atoms with E-state index in [1.807, 2.05) is 41.1 Å². The van der Waals surface area contributed by atoms with Gasteiger partial charge in [-0.25, -0.2) is 9.78 Å². The topological polar surface area (TPSA) is 102 Å². The van der Waals surface area contributed by atoms with E-state index in [1.165, 1.54) is 0 Å². The number of fused-ring (bicyclic) bond motifs is 1. The number of alkyl halides is 3. The first-order valence-electron chi connectivity index (χ1n) is 8.93. The van der Waals surface area contributed by atoms with Crippen molar-refractivity contribution in [1.82, 2.24) is 19.3 Å². The largest absolute Gasteiger partial charge is 0.490 e. The maximum atomic E-state index is 12.3. The molecule has 32 heavy (non-hydrogen) atoms. The van der Waals surface area contributed by atoms with E-state index < -0.39 is 12.1 Å². The van der Waals surface area contributed by atoms with Crippen molar-refractivity contribution in [2.24, 2.45) is 0 Å². The number of aromatic nitrogens is 4. The Balaban J connectivity index is 0.000000360. The number of aliphatic carboxylic acids is 1. The fourth-order valence-electron chi connectivity index (χ4n) is 2.68. The van der Waals surface area contributed by atoms with E-state index in [4.69, 9.17) is 21.5 Å². The molecule has 2 aromatic carbocycles. The molecule has 12 heteroatoms. The third kappa shape index (κ3) is 5.64. The van der Waals surface area contributed by atoms with E-state index in [2.05, 4.69) is 15.4 Å². The zero-order valence-electron chi connectivity index (χ0n) is 16.1. The summed E-state index contributed by atoms with van der Waals surface area (Å²) >= 11 is 6.31. The Morgan fingerprint density at radius 1 is 1.16 bits per heavy atom. The number of carboxylic acid groups (broad SMARTS) is 1. The molecule has 0 bridgehead atoms. The lowest BCUT2D eigenvalue weighted by Gasteiger charge is -2.10. The van der Waals surface area contributed by atoms with Crippen molar-refractivity contribution in [3.05, 3.63) is 72.4 Å². The number of carboxylic acids is 1. The Hall–Kier alpha value is -3.86. The Morgan fingerprint density at radius 3 is 2.50 bits per heavy atom. The fourth-order valence-corrected chi connectivity index (χ4v) is 2.96. The summed E-state index contributed by atoms with van der Waals surface area (Å²) in [5.74, 6) is -2.92. The highest BCUT2D eigenvalue weighted by Crippen LogP contribution is 2.24. The van der Waals surface area contributed by atoms with Crippen molar-refractivity contribution in [3.8, 4) is 5.69 Å². The van der Waals surface area contributed by atoms with Crippen LogP contribution in [0.3, 0.4) is 0 Å². The van der Waals surface area contributed by atoms with Crippen LogP contribution in [-0.2, 0) is 16.1 Å². The minimum Gasteiger partial charge on any atom is -0.475 e. The minimum atomic E-state index is -5.08. The third-order valence-electron chi connectivity index (χ3n) is 4.10. The summed E-state index contributed by atoms with van der Waals surface area (Å²) in [5, 5.41) is 15.8. The second kappa shape index (κ2) is 9.52. The Bertz CT molecular complexity index is 1240. The molecule has 4 aromatic rings. The van der Waals surface area contributed by atoms with Gasteiger partial charge in [0.05, 0.1) is 28.8 Å². The van der Waals surface area contributed by atoms with Gasteiger partial charge in [0, 0.05) is 23.5 Å². The van der Waals surface area contributed by atoms with Gasteiger partial charge >= 0.3 is 12.1 Å². The van der Waals surface area contributed by atoms with Crippen LogP contribution in [0.2, 0.25) is 5.02 Å². The number of hydrogen-bond donors (Lipinski definition) is 2. The van der Waals surface area contributed by atoms with Crippen LogP contribution in [0.5, 0.6) is 0 Å². The summed E-state index contributed by atoms with van der Waals surface area (Å²) in [4.78, 5) is 25.2. The van der Waals surface area contributed by atoms with E-state index >= 15 is 0 Å². The van der Waals surface area contributed by atoms with Gasteiger partial charge in [-0.1, -0.05) is 29.8 Å². The molecule has 2 N–H and O–H groups in total. The number of anilines is 1. The number of hydrogen-bond acceptors (Lipinski definition) is 4. The molecule has 0 aliphatic carbocycles. The molecule has 0 spiro atoms. The van der Waals surface area contributed by atoms with Crippen molar-refractivity contribution in [3.63, 3.8) is 0 Å². The van der Waals surface area contributed by atoms with E-state index in [-0.39, 0.29) is 12.5 Å². The van der Waals surface area contributed by atoms with Crippen LogP contribution in [0, 0.1) is 0 Å². The molecular formula is C20H15ClF3N5O3. The molecule has 4 rings (SSSR count). The van der Waals surface area contributed by atoms with Gasteiger partial charge < -0.3 is 15.0 Å². The number of imidazole rings is 1. The highest BCUT2D eigenvalue weighted by molar-refractivity contribution is 6.32. The second-order valence-electron chi connectivity index (χ2n) is 6.35. The van der Waals surface area contributed by atoms with Crippen LogP contribution in [0.1, 0.15) is 0 Å². The lowest BCUT2D eigenvalue weighted by Crippen LogP contribution is -2.21. The number of para-hydroxylation sites is 1. The molecule has 0 fully saturated rings. The van der Waals surface area contributed by atoms with Gasteiger partial charge in [-0.05, 0) is 24.3 Å². The molecule has 0 saturated carbocycles. The molecule has 0 radical (unpaired) electrons. The monoisotopic (exact) mass is 465 g/mol. The number of nitrogens with zero attached hydrogens (tertiary/aromatic N) is 4. The van der Waals surface area contributed by atoms with Crippen LogP contribution >= 0.6 is 11.6 Å². The summed E-state index contributed by atoms with van der Waals surface area (Å²) < 4.78 is 35.2. The first-order chi connectivity index (χ1) is 15.1. The molecule has 2 aromatic heterocycles. The Labute approximate surface area is 183 Å². The van der Waals surface area contributed by atoms with Crippen LogP contribution < -0.4 is 5.32 Å². The first kappa shape index (κ1) is 22.8. The number of nitrogens with one attached hydrogen (secondary N) is 1. The van der Waals surface area contributed by atoms with E-state index in [0.29, 0.717) is 10.7 Å². The van der Waals surface area contributed by atoms with Crippen LogP contribution in [0.15, 0.2) is 67.4 Å². The summed E-state index contributed by atoms with van der Waals surface area (Å²) in [6.45, 7) is 0.133. The van der Waals surface area contributed by atoms with Crippen molar-refractivity contribution >= 4 is 40.1 Å². The highest BCUT2D eigenvalue weighted by atomic mass is 35.5. The van der Waals surface area contributed by atoms with Crippen LogP contribution in [0.25, 0.3) is 16.6 Å². The first-order valence-corrected chi connectivity index (χ1v) is 9.31. The number of rotatable bonds is 4. The van der Waals surface area contributed by atoms with E-state index in [9.17, 15) is 18.0 Å². The van der Waals surface area contributed by atoms with Gasteiger partial charge in [0.1, 0.15) is 6.54 Å². The fraction of sp³-hybridized carbons (Fsp3) is 0.100. The molecule has 0 aliphatic rings. The van der Waals surface area contributed by atoms with Gasteiger partial charge in [0.2, 0.25) is 5.91 Å². The average molecular weight is 466 g/mol. The number of benzene rings is 2. The number of amides is 1. The lowest BCUT2D eigenvalue weighted by atomic mass is 10.2.